The Kier molecular flexibility index (Phi) is 3.98. The van der Waals surface area contributed by atoms with Gasteiger partial charge < -0.3 is 5.11 Å². The van der Waals surface area contributed by atoms with Gasteiger partial charge in [0, 0.05) is 10.8 Å². The van der Waals surface area contributed by atoms with Crippen molar-refractivity contribution in [1.29, 1.82) is 0 Å². The van der Waals surface area contributed by atoms with Crippen molar-refractivity contribution in [2.45, 2.75) is 41.7 Å². The number of sulfonamides is 1. The van der Waals surface area contributed by atoms with Crippen molar-refractivity contribution in [1.82, 2.24) is 4.72 Å². The lowest BCUT2D eigenvalue weighted by Gasteiger charge is -2.65. The lowest BCUT2D eigenvalue weighted by atomic mass is 9.40. The molecule has 5 heteroatoms. The maximum absolute atomic E-state index is 13.2. The average Bonchev–Trinajstić information content (AvgIpc) is 2.75. The molecule has 0 aromatic heterocycles. The first-order chi connectivity index (χ1) is 13.8. The summed E-state index contributed by atoms with van der Waals surface area (Å²) in [6, 6.07) is 15.9. The van der Waals surface area contributed by atoms with Gasteiger partial charge in [0.2, 0.25) is 10.0 Å². The number of nitrogens with one attached hydrogen (secondary N) is 1. The third-order valence-corrected chi connectivity index (χ3v) is 8.98. The van der Waals surface area contributed by atoms with Gasteiger partial charge in [-0.15, -0.1) is 0 Å². The van der Waals surface area contributed by atoms with Crippen molar-refractivity contribution in [3.8, 4) is 0 Å². The molecule has 2 N–H and O–H groups in total. The maximum Gasteiger partial charge on any atom is 0.240 e. The summed E-state index contributed by atoms with van der Waals surface area (Å²) in [6.07, 6.45) is 7.57. The average molecular weight is 408 g/mol. The van der Waals surface area contributed by atoms with Crippen LogP contribution in [0.2, 0.25) is 0 Å². The Morgan fingerprint density at radius 3 is 1.97 bits per heavy atom. The zero-order chi connectivity index (χ0) is 20.4. The van der Waals surface area contributed by atoms with Crippen LogP contribution >= 0.6 is 0 Å². The monoisotopic (exact) mass is 407 g/mol. The molecule has 2 aromatic rings. The number of hydrogen-bond acceptors (Lipinski definition) is 3. The molecule has 150 valence electrons. The van der Waals surface area contributed by atoms with Crippen LogP contribution in [-0.4, -0.2) is 25.7 Å². The molecule has 0 heterocycles. The summed E-state index contributed by atoms with van der Waals surface area (Å²) >= 11 is 0. The molecule has 2 aromatic carbocycles. The van der Waals surface area contributed by atoms with E-state index in [2.05, 4.69) is 42.9 Å². The molecule has 29 heavy (non-hydrogen) atoms. The Morgan fingerprint density at radius 1 is 0.828 bits per heavy atom. The third kappa shape index (κ3) is 2.35. The smallest absolute Gasteiger partial charge is 0.240 e. The summed E-state index contributed by atoms with van der Waals surface area (Å²) in [4.78, 5) is 0.214. The fourth-order valence-electron chi connectivity index (χ4n) is 5.96. The Labute approximate surface area is 172 Å². The highest BCUT2D eigenvalue weighted by Crippen LogP contribution is 2.63. The standard InChI is InChI=1S/C24H25NO3S/c1-23-17-12-6-8-14-19(17)24(2,20-15-9-7-13-18(20)23)22(26)21(23)25-29(27,28)16-10-4-3-5-11-16/h3-15,17,19,21-22,25-26H,1-2H3. The molecule has 4 aliphatic rings. The third-order valence-electron chi connectivity index (χ3n) is 7.52. The Morgan fingerprint density at radius 2 is 1.34 bits per heavy atom. The lowest BCUT2D eigenvalue weighted by Crippen LogP contribution is -2.74. The van der Waals surface area contributed by atoms with Crippen LogP contribution in [0.5, 0.6) is 0 Å². The van der Waals surface area contributed by atoms with E-state index in [0.717, 1.165) is 11.1 Å². The Bertz CT molecular complexity index is 1120. The number of rotatable bonds is 3. The topological polar surface area (TPSA) is 66.4 Å². The first-order valence-corrected chi connectivity index (χ1v) is 11.5. The summed E-state index contributed by atoms with van der Waals surface area (Å²) < 4.78 is 29.3. The van der Waals surface area contributed by atoms with Crippen molar-refractivity contribution < 1.29 is 13.5 Å². The molecule has 0 saturated heterocycles. The van der Waals surface area contributed by atoms with E-state index >= 15 is 0 Å². The van der Waals surface area contributed by atoms with Crippen molar-refractivity contribution >= 4 is 10.0 Å². The first-order valence-electron chi connectivity index (χ1n) is 10.0. The number of benzene rings is 2. The molecule has 0 amide bonds. The highest BCUT2D eigenvalue weighted by Gasteiger charge is 2.67. The molecule has 1 fully saturated rings. The largest absolute Gasteiger partial charge is 0.390 e. The van der Waals surface area contributed by atoms with Crippen LogP contribution < -0.4 is 4.72 Å². The second kappa shape index (κ2) is 6.14. The fraction of sp³-hybridized carbons (Fsp3) is 0.333. The van der Waals surface area contributed by atoms with E-state index in [1.54, 1.807) is 30.3 Å². The summed E-state index contributed by atoms with van der Waals surface area (Å²) in [5, 5.41) is 11.6. The van der Waals surface area contributed by atoms with Gasteiger partial charge in [-0.05, 0) is 35.1 Å². The zero-order valence-corrected chi connectivity index (χ0v) is 17.3. The highest BCUT2D eigenvalue weighted by atomic mass is 32.2. The predicted octanol–water partition coefficient (Wildman–Crippen LogP) is 3.30. The van der Waals surface area contributed by atoms with Gasteiger partial charge in [0.05, 0.1) is 17.0 Å². The summed E-state index contributed by atoms with van der Waals surface area (Å²) in [5.74, 6) is 0.208. The number of fused-ring (bicyclic) bond motifs is 1. The second-order valence-electron chi connectivity index (χ2n) is 8.79. The van der Waals surface area contributed by atoms with Crippen LogP contribution in [0, 0.1) is 11.8 Å². The maximum atomic E-state index is 13.2. The molecule has 6 rings (SSSR count). The van der Waals surface area contributed by atoms with E-state index in [1.165, 1.54) is 0 Å². The van der Waals surface area contributed by atoms with Crippen LogP contribution in [0.1, 0.15) is 25.0 Å². The highest BCUT2D eigenvalue weighted by molar-refractivity contribution is 7.89. The summed E-state index contributed by atoms with van der Waals surface area (Å²) in [5.41, 5.74) is 1.09. The van der Waals surface area contributed by atoms with Gasteiger partial charge in [-0.1, -0.05) is 80.6 Å². The quantitative estimate of drug-likeness (QED) is 0.821. The fourth-order valence-corrected chi connectivity index (χ4v) is 7.32. The molecule has 0 spiro atoms. The molecule has 0 aliphatic heterocycles. The van der Waals surface area contributed by atoms with E-state index in [9.17, 15) is 13.5 Å². The van der Waals surface area contributed by atoms with Crippen molar-refractivity contribution in [3.05, 3.63) is 90.0 Å². The SMILES string of the molecule is CC12c3ccccc3C(C)(C3C=CC=CC31)C(NS(=O)(=O)c1ccccc1)C2O. The van der Waals surface area contributed by atoms with E-state index in [0.29, 0.717) is 0 Å². The minimum Gasteiger partial charge on any atom is -0.390 e. The van der Waals surface area contributed by atoms with Crippen LogP contribution in [0.25, 0.3) is 0 Å². The first kappa shape index (κ1) is 18.8. The molecule has 2 bridgehead atoms. The van der Waals surface area contributed by atoms with Crippen LogP contribution in [-0.2, 0) is 20.9 Å². The summed E-state index contributed by atoms with van der Waals surface area (Å²) in [6.45, 7) is 4.16. The molecular weight excluding hydrogens is 382 g/mol. The van der Waals surface area contributed by atoms with Crippen LogP contribution in [0.3, 0.4) is 0 Å². The molecule has 1 saturated carbocycles. The second-order valence-corrected chi connectivity index (χ2v) is 10.5. The van der Waals surface area contributed by atoms with Gasteiger partial charge >= 0.3 is 0 Å². The van der Waals surface area contributed by atoms with Crippen molar-refractivity contribution in [2.75, 3.05) is 0 Å². The van der Waals surface area contributed by atoms with Gasteiger partial charge in [-0.2, -0.15) is 0 Å². The summed E-state index contributed by atoms with van der Waals surface area (Å²) in [7, 11) is -3.77. The van der Waals surface area contributed by atoms with E-state index in [4.69, 9.17) is 0 Å². The van der Waals surface area contributed by atoms with E-state index in [1.807, 2.05) is 24.3 Å². The van der Waals surface area contributed by atoms with Gasteiger partial charge in [-0.25, -0.2) is 13.1 Å². The van der Waals surface area contributed by atoms with Crippen molar-refractivity contribution in [2.24, 2.45) is 11.8 Å². The predicted molar refractivity (Wildman–Crippen MR) is 113 cm³/mol. The molecular formula is C24H25NO3S. The molecule has 0 radical (unpaired) electrons. The van der Waals surface area contributed by atoms with E-state index in [-0.39, 0.29) is 16.7 Å². The van der Waals surface area contributed by atoms with Gasteiger partial charge in [0.1, 0.15) is 0 Å². The van der Waals surface area contributed by atoms with Crippen molar-refractivity contribution in [3.63, 3.8) is 0 Å². The lowest BCUT2D eigenvalue weighted by molar-refractivity contribution is -0.0700. The van der Waals surface area contributed by atoms with Crippen LogP contribution in [0.15, 0.2) is 83.8 Å². The Hall–Kier alpha value is -2.21. The van der Waals surface area contributed by atoms with Gasteiger partial charge in [0.25, 0.3) is 0 Å². The normalized spacial score (nSPS) is 37.2. The van der Waals surface area contributed by atoms with Gasteiger partial charge in [0.15, 0.2) is 0 Å². The number of aliphatic hydroxyl groups is 1. The van der Waals surface area contributed by atoms with Crippen LogP contribution in [0.4, 0.5) is 0 Å². The zero-order valence-electron chi connectivity index (χ0n) is 16.5. The minimum atomic E-state index is -3.77. The number of aliphatic hydroxyl groups excluding tert-OH is 1. The minimum absolute atomic E-state index is 0.0965. The number of hydrogen-bond donors (Lipinski definition) is 2. The molecule has 6 unspecified atom stereocenters. The molecule has 4 nitrogen and oxygen atoms in total. The Balaban J connectivity index is 1.70. The van der Waals surface area contributed by atoms with Gasteiger partial charge in [-0.3, -0.25) is 0 Å². The van der Waals surface area contributed by atoms with E-state index < -0.39 is 33.0 Å². The number of allylic oxidation sites excluding steroid dienone is 4. The molecule has 4 aliphatic carbocycles. The molecule has 6 atom stereocenters.